The summed E-state index contributed by atoms with van der Waals surface area (Å²) in [6, 6.07) is 0. The van der Waals surface area contributed by atoms with Crippen LogP contribution in [0, 0.1) is 0 Å². The summed E-state index contributed by atoms with van der Waals surface area (Å²) >= 11 is 0. The van der Waals surface area contributed by atoms with Crippen LogP contribution in [0.25, 0.3) is 0 Å². The molecule has 0 heterocycles. The number of hydrogen-bond acceptors (Lipinski definition) is 3. The standard InChI is InChI=1S/C6H12NO5P/c1-6(7,5(8)9)3-2-4-13(10,11)12/h2-3H,4,7H2,1H3,(H,8,9)(H2,10,11,12)/b3-2+. The van der Waals surface area contributed by atoms with Gasteiger partial charge < -0.3 is 20.6 Å². The van der Waals surface area contributed by atoms with Gasteiger partial charge in [0.05, 0.1) is 6.16 Å². The van der Waals surface area contributed by atoms with Crippen LogP contribution in [0.4, 0.5) is 0 Å². The molecule has 0 fully saturated rings. The minimum absolute atomic E-state index is 0.507. The Kier molecular flexibility index (Phi) is 3.81. The largest absolute Gasteiger partial charge is 0.480 e. The van der Waals surface area contributed by atoms with Gasteiger partial charge in [-0.15, -0.1) is 0 Å². The maximum absolute atomic E-state index is 10.4. The van der Waals surface area contributed by atoms with Crippen LogP contribution in [-0.2, 0) is 9.36 Å². The van der Waals surface area contributed by atoms with Crippen LogP contribution >= 0.6 is 7.60 Å². The highest BCUT2D eigenvalue weighted by Gasteiger charge is 2.24. The third kappa shape index (κ3) is 5.54. The molecule has 0 aromatic rings. The van der Waals surface area contributed by atoms with Gasteiger partial charge in [-0.25, -0.2) is 4.79 Å². The first-order valence-electron chi connectivity index (χ1n) is 3.40. The molecule has 0 aliphatic heterocycles. The Morgan fingerprint density at radius 2 is 2.08 bits per heavy atom. The van der Waals surface area contributed by atoms with Crippen molar-refractivity contribution in [3.8, 4) is 0 Å². The van der Waals surface area contributed by atoms with Crippen LogP contribution in [0.15, 0.2) is 12.2 Å². The molecular formula is C6H12NO5P. The first-order valence-corrected chi connectivity index (χ1v) is 5.19. The van der Waals surface area contributed by atoms with E-state index in [4.69, 9.17) is 20.6 Å². The van der Waals surface area contributed by atoms with Crippen molar-refractivity contribution in [2.24, 2.45) is 5.73 Å². The second-order valence-corrected chi connectivity index (χ2v) is 4.53. The summed E-state index contributed by atoms with van der Waals surface area (Å²) in [6.45, 7) is 1.23. The van der Waals surface area contributed by atoms with E-state index in [-0.39, 0.29) is 0 Å². The van der Waals surface area contributed by atoms with Crippen molar-refractivity contribution in [1.29, 1.82) is 0 Å². The average Bonchev–Trinajstić information content (AvgIpc) is 1.82. The van der Waals surface area contributed by atoms with Gasteiger partial charge in [0.15, 0.2) is 0 Å². The van der Waals surface area contributed by atoms with Gasteiger partial charge >= 0.3 is 13.6 Å². The Bertz CT molecular complexity index is 266. The zero-order valence-electron chi connectivity index (χ0n) is 7.04. The van der Waals surface area contributed by atoms with Crippen molar-refractivity contribution >= 4 is 13.6 Å². The fourth-order valence-corrected chi connectivity index (χ4v) is 0.886. The fraction of sp³-hybridized carbons (Fsp3) is 0.500. The number of carboxylic acids is 1. The molecule has 13 heavy (non-hydrogen) atoms. The summed E-state index contributed by atoms with van der Waals surface area (Å²) in [4.78, 5) is 27.3. The van der Waals surface area contributed by atoms with Crippen LogP contribution in [0.5, 0.6) is 0 Å². The average molecular weight is 209 g/mol. The monoisotopic (exact) mass is 209 g/mol. The molecule has 0 aromatic carbocycles. The van der Waals surface area contributed by atoms with Gasteiger partial charge in [-0.2, -0.15) is 0 Å². The lowest BCUT2D eigenvalue weighted by molar-refractivity contribution is -0.140. The zero-order valence-corrected chi connectivity index (χ0v) is 7.94. The zero-order chi connectivity index (χ0) is 10.7. The molecule has 0 rings (SSSR count). The number of carboxylic acid groups (broad SMARTS) is 1. The highest BCUT2D eigenvalue weighted by atomic mass is 31.2. The number of aliphatic carboxylic acids is 1. The van der Waals surface area contributed by atoms with E-state index >= 15 is 0 Å². The van der Waals surface area contributed by atoms with Gasteiger partial charge in [0.1, 0.15) is 5.54 Å². The van der Waals surface area contributed by atoms with Gasteiger partial charge in [-0.05, 0) is 6.92 Å². The van der Waals surface area contributed by atoms with Crippen molar-refractivity contribution in [1.82, 2.24) is 0 Å². The Morgan fingerprint density at radius 1 is 1.62 bits per heavy atom. The molecule has 0 aliphatic rings. The summed E-state index contributed by atoms with van der Waals surface area (Å²) in [6.07, 6.45) is 1.61. The molecule has 1 atom stereocenters. The SMILES string of the molecule is CC(N)(/C=C/CP(=O)(O)O)C(=O)O. The summed E-state index contributed by atoms with van der Waals surface area (Å²) < 4.78 is 10.3. The molecule has 7 heteroatoms. The van der Waals surface area contributed by atoms with Crippen LogP contribution in [0.1, 0.15) is 6.92 Å². The highest BCUT2D eigenvalue weighted by Crippen LogP contribution is 2.33. The van der Waals surface area contributed by atoms with Crippen LogP contribution < -0.4 is 5.73 Å². The minimum atomic E-state index is -4.12. The van der Waals surface area contributed by atoms with Crippen molar-refractivity contribution in [2.45, 2.75) is 12.5 Å². The Hall–Kier alpha value is -0.680. The van der Waals surface area contributed by atoms with Gasteiger partial charge in [0.2, 0.25) is 0 Å². The van der Waals surface area contributed by atoms with E-state index in [1.54, 1.807) is 0 Å². The molecule has 0 amide bonds. The van der Waals surface area contributed by atoms with E-state index in [1.165, 1.54) is 6.92 Å². The van der Waals surface area contributed by atoms with Crippen LogP contribution in [0.3, 0.4) is 0 Å². The second-order valence-electron chi connectivity index (χ2n) is 2.84. The van der Waals surface area contributed by atoms with Crippen LogP contribution in [-0.4, -0.2) is 32.6 Å². The number of hydrogen-bond donors (Lipinski definition) is 4. The lowest BCUT2D eigenvalue weighted by Crippen LogP contribution is -2.42. The smallest absolute Gasteiger partial charge is 0.329 e. The molecule has 0 radical (unpaired) electrons. The maximum atomic E-state index is 10.4. The highest BCUT2D eigenvalue weighted by molar-refractivity contribution is 7.51. The Labute approximate surface area is 75.2 Å². The number of allylic oxidation sites excluding steroid dienone is 1. The fourth-order valence-electron chi connectivity index (χ4n) is 0.506. The first-order chi connectivity index (χ1) is 5.65. The van der Waals surface area contributed by atoms with E-state index in [1.807, 2.05) is 0 Å². The third-order valence-electron chi connectivity index (χ3n) is 1.27. The van der Waals surface area contributed by atoms with E-state index < -0.39 is 25.3 Å². The van der Waals surface area contributed by atoms with E-state index in [0.717, 1.165) is 12.2 Å². The lowest BCUT2D eigenvalue weighted by Gasteiger charge is -2.13. The summed E-state index contributed by atoms with van der Waals surface area (Å²) in [5.74, 6) is -1.26. The van der Waals surface area contributed by atoms with E-state index in [0.29, 0.717) is 0 Å². The molecule has 0 aliphatic carbocycles. The molecule has 0 bridgehead atoms. The van der Waals surface area contributed by atoms with Crippen LogP contribution in [0.2, 0.25) is 0 Å². The number of rotatable bonds is 4. The van der Waals surface area contributed by atoms with Crippen molar-refractivity contribution in [3.05, 3.63) is 12.2 Å². The van der Waals surface area contributed by atoms with Gasteiger partial charge in [-0.1, -0.05) is 12.2 Å². The lowest BCUT2D eigenvalue weighted by atomic mass is 10.0. The summed E-state index contributed by atoms with van der Waals surface area (Å²) in [5.41, 5.74) is 3.66. The molecule has 0 saturated heterocycles. The molecule has 0 spiro atoms. The molecule has 1 unspecified atom stereocenters. The van der Waals surface area contributed by atoms with Gasteiger partial charge in [0.25, 0.3) is 0 Å². The molecule has 0 aromatic heterocycles. The molecule has 0 saturated carbocycles. The number of carbonyl (C=O) groups is 1. The normalized spacial score (nSPS) is 17.2. The molecular weight excluding hydrogens is 197 g/mol. The van der Waals surface area contributed by atoms with Gasteiger partial charge in [-0.3, -0.25) is 4.57 Å². The third-order valence-corrected chi connectivity index (χ3v) is 1.95. The van der Waals surface area contributed by atoms with Gasteiger partial charge in [0, 0.05) is 0 Å². The number of nitrogens with two attached hydrogens (primary N) is 1. The van der Waals surface area contributed by atoms with E-state index in [9.17, 15) is 9.36 Å². The predicted octanol–water partition coefficient (Wildman–Crippen LogP) is -0.478. The van der Waals surface area contributed by atoms with Crippen molar-refractivity contribution in [2.75, 3.05) is 6.16 Å². The Balaban J connectivity index is 4.29. The molecule has 6 nitrogen and oxygen atoms in total. The molecule has 76 valence electrons. The second kappa shape index (κ2) is 4.02. The minimum Gasteiger partial charge on any atom is -0.480 e. The molecule has 5 N–H and O–H groups in total. The summed E-state index contributed by atoms with van der Waals surface area (Å²) in [5, 5.41) is 8.50. The summed E-state index contributed by atoms with van der Waals surface area (Å²) in [7, 11) is -4.12. The topological polar surface area (TPSA) is 121 Å². The predicted molar refractivity (Wildman–Crippen MR) is 46.3 cm³/mol. The maximum Gasteiger partial charge on any atom is 0.329 e. The quantitative estimate of drug-likeness (QED) is 0.366. The van der Waals surface area contributed by atoms with Crippen molar-refractivity contribution in [3.63, 3.8) is 0 Å². The van der Waals surface area contributed by atoms with E-state index in [2.05, 4.69) is 0 Å². The first kappa shape index (κ1) is 12.3. The Morgan fingerprint density at radius 3 is 2.38 bits per heavy atom. The van der Waals surface area contributed by atoms with Crippen molar-refractivity contribution < 1.29 is 24.3 Å².